The third-order valence-corrected chi connectivity index (χ3v) is 3.76. The Morgan fingerprint density at radius 2 is 1.21 bits per heavy atom. The minimum absolute atomic E-state index is 0.136. The maximum Gasteiger partial charge on any atom is 0.264 e. The van der Waals surface area contributed by atoms with Gasteiger partial charge in [-0.05, 0) is 11.1 Å². The molecule has 0 atom stereocenters. The fourth-order valence-corrected chi connectivity index (χ4v) is 2.72. The summed E-state index contributed by atoms with van der Waals surface area (Å²) in [6.45, 7) is 1.06. The van der Waals surface area contributed by atoms with E-state index in [1.165, 1.54) is 0 Å². The Balaban J connectivity index is 1.80. The predicted molar refractivity (Wildman–Crippen MR) is 91.9 cm³/mol. The zero-order chi connectivity index (χ0) is 17.3. The highest BCUT2D eigenvalue weighted by Crippen LogP contribution is 2.07. The second kappa shape index (κ2) is 9.54. The topological polar surface area (TPSA) is 61.8 Å². The smallest absolute Gasteiger partial charge is 0.264 e. The van der Waals surface area contributed by atoms with Crippen LogP contribution in [0.2, 0.25) is 0 Å². The lowest BCUT2D eigenvalue weighted by atomic mass is 10.2. The van der Waals surface area contributed by atoms with Crippen molar-refractivity contribution in [3.05, 3.63) is 71.8 Å². The molecule has 0 bridgehead atoms. The molecule has 0 unspecified atom stereocenters. The van der Waals surface area contributed by atoms with Gasteiger partial charge in [0, 0.05) is 0 Å². The monoisotopic (exact) mass is 350 g/mol. The molecule has 2 aromatic carbocycles. The molecule has 0 fully saturated rings. The van der Waals surface area contributed by atoms with E-state index in [0.717, 1.165) is 17.4 Å². The van der Waals surface area contributed by atoms with Crippen molar-refractivity contribution >= 4 is 10.1 Å². The molecular weight excluding hydrogens is 328 g/mol. The lowest BCUT2D eigenvalue weighted by Crippen LogP contribution is -2.28. The summed E-state index contributed by atoms with van der Waals surface area (Å²) in [6, 6.07) is 19.3. The summed E-state index contributed by atoms with van der Waals surface area (Å²) in [5, 5.41) is 0. The Labute approximate surface area is 143 Å². The Morgan fingerprint density at radius 1 is 0.792 bits per heavy atom. The molecule has 0 aromatic heterocycles. The van der Waals surface area contributed by atoms with Gasteiger partial charge in [0.25, 0.3) is 10.1 Å². The number of hydrogen-bond acceptors (Lipinski definition) is 5. The van der Waals surface area contributed by atoms with Crippen molar-refractivity contribution in [1.29, 1.82) is 0 Å². The minimum atomic E-state index is -3.57. The summed E-state index contributed by atoms with van der Waals surface area (Å²) >= 11 is 0. The summed E-state index contributed by atoms with van der Waals surface area (Å²) < 4.78 is 38.9. The fraction of sp³-hybridized carbons (Fsp3) is 0.333. The van der Waals surface area contributed by atoms with Gasteiger partial charge in [0.05, 0.1) is 32.7 Å². The number of hydrogen-bond donors (Lipinski definition) is 0. The lowest BCUT2D eigenvalue weighted by Gasteiger charge is -2.17. The van der Waals surface area contributed by atoms with Gasteiger partial charge < -0.3 is 9.47 Å². The quantitative estimate of drug-likeness (QED) is 0.617. The standard InChI is InChI=1S/C18H22O5S/c1-24(19,20)23-18(14-21-12-16-8-4-2-5-9-16)15-22-13-17-10-6-3-7-11-17/h2-11,18H,12-15H2,1H3. The summed E-state index contributed by atoms with van der Waals surface area (Å²) in [5.74, 6) is 0. The molecule has 0 heterocycles. The van der Waals surface area contributed by atoms with Crippen molar-refractivity contribution in [1.82, 2.24) is 0 Å². The van der Waals surface area contributed by atoms with Gasteiger partial charge in [0.2, 0.25) is 0 Å². The van der Waals surface area contributed by atoms with Crippen LogP contribution >= 0.6 is 0 Å². The molecule has 0 radical (unpaired) electrons. The molecule has 0 aliphatic rings. The molecule has 0 saturated heterocycles. The molecule has 0 saturated carbocycles. The maximum absolute atomic E-state index is 11.4. The van der Waals surface area contributed by atoms with Crippen molar-refractivity contribution in [2.45, 2.75) is 19.3 Å². The van der Waals surface area contributed by atoms with Crippen LogP contribution in [0.25, 0.3) is 0 Å². The zero-order valence-electron chi connectivity index (χ0n) is 13.6. The van der Waals surface area contributed by atoms with Crippen LogP contribution < -0.4 is 0 Å². The third kappa shape index (κ3) is 7.70. The molecule has 0 amide bonds. The van der Waals surface area contributed by atoms with E-state index in [2.05, 4.69) is 0 Å². The first kappa shape index (κ1) is 18.6. The van der Waals surface area contributed by atoms with Crippen LogP contribution in [-0.4, -0.2) is 34.0 Å². The summed E-state index contributed by atoms with van der Waals surface area (Å²) in [6.07, 6.45) is 0.349. The lowest BCUT2D eigenvalue weighted by molar-refractivity contribution is -0.0127. The number of ether oxygens (including phenoxy) is 2. The first-order valence-corrected chi connectivity index (χ1v) is 9.46. The first-order chi connectivity index (χ1) is 11.5. The molecule has 0 spiro atoms. The predicted octanol–water partition coefficient (Wildman–Crippen LogP) is 2.76. The number of benzene rings is 2. The van der Waals surface area contributed by atoms with Crippen LogP contribution in [0.15, 0.2) is 60.7 Å². The molecule has 24 heavy (non-hydrogen) atoms. The van der Waals surface area contributed by atoms with E-state index in [9.17, 15) is 8.42 Å². The average molecular weight is 350 g/mol. The molecule has 2 aromatic rings. The van der Waals surface area contributed by atoms with Crippen LogP contribution in [0.3, 0.4) is 0 Å². The first-order valence-electron chi connectivity index (χ1n) is 7.64. The van der Waals surface area contributed by atoms with E-state index >= 15 is 0 Å². The normalized spacial score (nSPS) is 11.8. The Morgan fingerprint density at radius 3 is 1.58 bits per heavy atom. The zero-order valence-corrected chi connectivity index (χ0v) is 14.4. The summed E-state index contributed by atoms with van der Waals surface area (Å²) in [5.41, 5.74) is 2.03. The summed E-state index contributed by atoms with van der Waals surface area (Å²) in [4.78, 5) is 0. The van der Waals surface area contributed by atoms with E-state index in [-0.39, 0.29) is 13.2 Å². The largest absolute Gasteiger partial charge is 0.374 e. The van der Waals surface area contributed by atoms with E-state index in [1.54, 1.807) is 0 Å². The molecule has 0 aliphatic heterocycles. The van der Waals surface area contributed by atoms with Gasteiger partial charge in [0.1, 0.15) is 6.10 Å². The van der Waals surface area contributed by atoms with E-state index < -0.39 is 16.2 Å². The molecule has 2 rings (SSSR count). The molecule has 6 heteroatoms. The fourth-order valence-electron chi connectivity index (χ4n) is 2.12. The van der Waals surface area contributed by atoms with Crippen LogP contribution in [0.5, 0.6) is 0 Å². The maximum atomic E-state index is 11.4. The van der Waals surface area contributed by atoms with Crippen LogP contribution in [0, 0.1) is 0 Å². The van der Waals surface area contributed by atoms with Crippen molar-refractivity contribution in [3.8, 4) is 0 Å². The highest BCUT2D eigenvalue weighted by molar-refractivity contribution is 7.86. The van der Waals surface area contributed by atoms with Gasteiger partial charge in [0.15, 0.2) is 0 Å². The van der Waals surface area contributed by atoms with Crippen LogP contribution in [0.4, 0.5) is 0 Å². The number of rotatable bonds is 10. The van der Waals surface area contributed by atoms with Crippen molar-refractivity contribution in [2.24, 2.45) is 0 Å². The van der Waals surface area contributed by atoms with E-state index in [4.69, 9.17) is 13.7 Å². The minimum Gasteiger partial charge on any atom is -0.374 e. The average Bonchev–Trinajstić information content (AvgIpc) is 2.55. The third-order valence-electron chi connectivity index (χ3n) is 3.14. The second-order valence-corrected chi connectivity index (χ2v) is 7.02. The Hall–Kier alpha value is -1.73. The Kier molecular flexibility index (Phi) is 7.39. The Bertz CT molecular complexity index is 640. The van der Waals surface area contributed by atoms with Crippen LogP contribution in [-0.2, 0) is 37.0 Å². The second-order valence-electron chi connectivity index (χ2n) is 5.42. The van der Waals surface area contributed by atoms with Crippen molar-refractivity contribution in [2.75, 3.05) is 19.5 Å². The highest BCUT2D eigenvalue weighted by atomic mass is 32.2. The summed E-state index contributed by atoms with van der Waals surface area (Å²) in [7, 11) is -3.57. The SMILES string of the molecule is CS(=O)(=O)OC(COCc1ccccc1)COCc1ccccc1. The molecular formula is C18H22O5S. The van der Waals surface area contributed by atoms with Gasteiger partial charge in [-0.15, -0.1) is 0 Å². The molecule has 130 valence electrons. The van der Waals surface area contributed by atoms with Crippen molar-refractivity contribution < 1.29 is 22.1 Å². The van der Waals surface area contributed by atoms with Crippen molar-refractivity contribution in [3.63, 3.8) is 0 Å². The van der Waals surface area contributed by atoms with Gasteiger partial charge in [-0.1, -0.05) is 60.7 Å². The molecule has 0 aliphatic carbocycles. The van der Waals surface area contributed by atoms with Gasteiger partial charge >= 0.3 is 0 Å². The highest BCUT2D eigenvalue weighted by Gasteiger charge is 2.16. The van der Waals surface area contributed by atoms with Gasteiger partial charge in [-0.3, -0.25) is 4.18 Å². The van der Waals surface area contributed by atoms with Gasteiger partial charge in [-0.25, -0.2) is 0 Å². The van der Waals surface area contributed by atoms with Gasteiger partial charge in [-0.2, -0.15) is 8.42 Å². The van der Waals surface area contributed by atoms with E-state index in [1.807, 2.05) is 60.7 Å². The molecule has 0 N–H and O–H groups in total. The van der Waals surface area contributed by atoms with Crippen LogP contribution in [0.1, 0.15) is 11.1 Å². The molecule has 5 nitrogen and oxygen atoms in total. The van der Waals surface area contributed by atoms with E-state index in [0.29, 0.717) is 13.2 Å².